The zero-order valence-electron chi connectivity index (χ0n) is 5.45. The van der Waals surface area contributed by atoms with Crippen molar-refractivity contribution < 1.29 is 20.1 Å². The van der Waals surface area contributed by atoms with Crippen molar-refractivity contribution in [2.45, 2.75) is 12.5 Å². The SMILES string of the molecule is O=C(O)NCC[C@@H](O)CO. The van der Waals surface area contributed by atoms with E-state index in [0.717, 1.165) is 0 Å². The van der Waals surface area contributed by atoms with Gasteiger partial charge in [0, 0.05) is 6.54 Å². The Labute approximate surface area is 58.3 Å². The van der Waals surface area contributed by atoms with Gasteiger partial charge >= 0.3 is 6.09 Å². The summed E-state index contributed by atoms with van der Waals surface area (Å²) in [6.07, 6.45) is -1.71. The quantitative estimate of drug-likeness (QED) is 0.412. The van der Waals surface area contributed by atoms with Gasteiger partial charge in [-0.15, -0.1) is 0 Å². The highest BCUT2D eigenvalue weighted by atomic mass is 16.4. The molecule has 0 spiro atoms. The van der Waals surface area contributed by atoms with Gasteiger partial charge in [-0.05, 0) is 6.42 Å². The molecule has 0 rings (SSSR count). The summed E-state index contributed by atoms with van der Waals surface area (Å²) in [6.45, 7) is -0.168. The summed E-state index contributed by atoms with van der Waals surface area (Å²) in [5.74, 6) is 0. The number of rotatable bonds is 4. The Kier molecular flexibility index (Phi) is 4.61. The van der Waals surface area contributed by atoms with Crippen molar-refractivity contribution in [1.82, 2.24) is 5.32 Å². The van der Waals surface area contributed by atoms with Crippen molar-refractivity contribution in [3.05, 3.63) is 0 Å². The van der Waals surface area contributed by atoms with E-state index in [2.05, 4.69) is 5.32 Å². The molecule has 5 nitrogen and oxygen atoms in total. The number of nitrogens with one attached hydrogen (secondary N) is 1. The average Bonchev–Trinajstić information content (AvgIpc) is 1.87. The van der Waals surface area contributed by atoms with Gasteiger partial charge in [-0.25, -0.2) is 4.79 Å². The number of aliphatic hydroxyl groups excluding tert-OH is 2. The number of hydrogen-bond acceptors (Lipinski definition) is 3. The van der Waals surface area contributed by atoms with Crippen molar-refractivity contribution in [3.8, 4) is 0 Å². The zero-order valence-corrected chi connectivity index (χ0v) is 5.45. The van der Waals surface area contributed by atoms with E-state index in [1.807, 2.05) is 0 Å². The molecule has 0 unspecified atom stereocenters. The van der Waals surface area contributed by atoms with Crippen molar-refractivity contribution in [2.24, 2.45) is 0 Å². The maximum absolute atomic E-state index is 9.81. The third kappa shape index (κ3) is 5.33. The minimum atomic E-state index is -1.12. The lowest BCUT2D eigenvalue weighted by molar-refractivity contribution is 0.0881. The van der Waals surface area contributed by atoms with Crippen LogP contribution in [0, 0.1) is 0 Å². The Balaban J connectivity index is 3.11. The molecule has 0 aromatic heterocycles. The Bertz CT molecular complexity index is 106. The maximum Gasteiger partial charge on any atom is 0.404 e. The largest absolute Gasteiger partial charge is 0.465 e. The van der Waals surface area contributed by atoms with E-state index >= 15 is 0 Å². The lowest BCUT2D eigenvalue weighted by Crippen LogP contribution is -2.26. The van der Waals surface area contributed by atoms with E-state index < -0.39 is 12.2 Å². The highest BCUT2D eigenvalue weighted by Crippen LogP contribution is 1.86. The normalized spacial score (nSPS) is 12.6. The van der Waals surface area contributed by atoms with Crippen LogP contribution in [0.15, 0.2) is 0 Å². The second kappa shape index (κ2) is 5.01. The van der Waals surface area contributed by atoms with Gasteiger partial charge in [0.2, 0.25) is 0 Å². The van der Waals surface area contributed by atoms with Gasteiger partial charge in [-0.3, -0.25) is 0 Å². The van der Waals surface area contributed by atoms with Gasteiger partial charge < -0.3 is 20.6 Å². The molecule has 0 aliphatic rings. The molecule has 10 heavy (non-hydrogen) atoms. The van der Waals surface area contributed by atoms with Crippen molar-refractivity contribution in [2.75, 3.05) is 13.2 Å². The van der Waals surface area contributed by atoms with Crippen LogP contribution in [-0.4, -0.2) is 40.7 Å². The fourth-order valence-corrected chi connectivity index (χ4v) is 0.437. The molecule has 0 saturated heterocycles. The van der Waals surface area contributed by atoms with E-state index in [9.17, 15) is 4.79 Å². The zero-order chi connectivity index (χ0) is 7.98. The Morgan fingerprint density at radius 2 is 2.20 bits per heavy atom. The number of amides is 1. The smallest absolute Gasteiger partial charge is 0.404 e. The summed E-state index contributed by atoms with van der Waals surface area (Å²) in [7, 11) is 0. The number of aliphatic hydroxyl groups is 2. The maximum atomic E-state index is 9.81. The molecule has 4 N–H and O–H groups in total. The molecule has 0 aromatic rings. The molecular weight excluding hydrogens is 138 g/mol. The molecule has 0 bridgehead atoms. The lowest BCUT2D eigenvalue weighted by Gasteiger charge is -2.05. The lowest BCUT2D eigenvalue weighted by atomic mass is 10.3. The van der Waals surface area contributed by atoms with Crippen molar-refractivity contribution >= 4 is 6.09 Å². The first-order valence-electron chi connectivity index (χ1n) is 2.92. The van der Waals surface area contributed by atoms with Crippen LogP contribution >= 0.6 is 0 Å². The van der Waals surface area contributed by atoms with Gasteiger partial charge in [0.1, 0.15) is 0 Å². The van der Waals surface area contributed by atoms with Crippen LogP contribution in [0.1, 0.15) is 6.42 Å². The number of carboxylic acid groups (broad SMARTS) is 1. The molecule has 0 aliphatic carbocycles. The first-order chi connectivity index (χ1) is 4.66. The highest BCUT2D eigenvalue weighted by molar-refractivity contribution is 5.64. The topological polar surface area (TPSA) is 89.8 Å². The van der Waals surface area contributed by atoms with Crippen LogP contribution in [-0.2, 0) is 0 Å². The van der Waals surface area contributed by atoms with Gasteiger partial charge in [-0.1, -0.05) is 0 Å². The molecule has 0 fully saturated rings. The first kappa shape index (κ1) is 9.19. The molecule has 0 saturated carbocycles. The summed E-state index contributed by atoms with van der Waals surface area (Å²) in [6, 6.07) is 0. The molecule has 0 aliphatic heterocycles. The monoisotopic (exact) mass is 149 g/mol. The average molecular weight is 149 g/mol. The second-order valence-corrected chi connectivity index (χ2v) is 1.86. The van der Waals surface area contributed by atoms with E-state index in [4.69, 9.17) is 15.3 Å². The second-order valence-electron chi connectivity index (χ2n) is 1.86. The Morgan fingerprint density at radius 3 is 2.60 bits per heavy atom. The summed E-state index contributed by atoms with van der Waals surface area (Å²) in [5, 5.41) is 27.1. The van der Waals surface area contributed by atoms with Gasteiger partial charge in [-0.2, -0.15) is 0 Å². The number of carbonyl (C=O) groups is 1. The van der Waals surface area contributed by atoms with Gasteiger partial charge in [0.05, 0.1) is 12.7 Å². The molecule has 0 radical (unpaired) electrons. The summed E-state index contributed by atoms with van der Waals surface area (Å²) in [4.78, 5) is 9.81. The predicted octanol–water partition coefficient (Wildman–Crippen LogP) is -1.00. The number of hydrogen-bond donors (Lipinski definition) is 4. The minimum absolute atomic E-state index is 0.164. The molecule has 1 atom stereocenters. The standard InChI is InChI=1S/C5H11NO4/c7-3-4(8)1-2-6-5(9)10/h4,6-8H,1-3H2,(H,9,10)/t4-/m1/s1. The van der Waals surface area contributed by atoms with Crippen molar-refractivity contribution in [3.63, 3.8) is 0 Å². The van der Waals surface area contributed by atoms with Crippen LogP contribution in [0.2, 0.25) is 0 Å². The molecular formula is C5H11NO4. The van der Waals surface area contributed by atoms with Gasteiger partial charge in [0.15, 0.2) is 0 Å². The minimum Gasteiger partial charge on any atom is -0.465 e. The van der Waals surface area contributed by atoms with Crippen LogP contribution in [0.4, 0.5) is 4.79 Å². The predicted molar refractivity (Wildman–Crippen MR) is 33.7 cm³/mol. The molecule has 0 aromatic carbocycles. The summed E-state index contributed by atoms with van der Waals surface area (Å²) >= 11 is 0. The van der Waals surface area contributed by atoms with E-state index in [1.54, 1.807) is 0 Å². The summed E-state index contributed by atoms with van der Waals surface area (Å²) in [5.41, 5.74) is 0. The summed E-state index contributed by atoms with van der Waals surface area (Å²) < 4.78 is 0. The first-order valence-corrected chi connectivity index (χ1v) is 2.92. The third-order valence-electron chi connectivity index (χ3n) is 0.965. The van der Waals surface area contributed by atoms with Crippen LogP contribution < -0.4 is 5.32 Å². The third-order valence-corrected chi connectivity index (χ3v) is 0.965. The van der Waals surface area contributed by atoms with E-state index in [0.29, 0.717) is 0 Å². The fraction of sp³-hybridized carbons (Fsp3) is 0.800. The molecule has 0 heterocycles. The van der Waals surface area contributed by atoms with Crippen molar-refractivity contribution in [1.29, 1.82) is 0 Å². The Hall–Kier alpha value is -0.810. The molecule has 60 valence electrons. The molecule has 5 heteroatoms. The van der Waals surface area contributed by atoms with Gasteiger partial charge in [0.25, 0.3) is 0 Å². The fourth-order valence-electron chi connectivity index (χ4n) is 0.437. The van der Waals surface area contributed by atoms with E-state index in [1.165, 1.54) is 0 Å². The highest BCUT2D eigenvalue weighted by Gasteiger charge is 2.01. The van der Waals surface area contributed by atoms with Crippen LogP contribution in [0.5, 0.6) is 0 Å². The van der Waals surface area contributed by atoms with Crippen LogP contribution in [0.3, 0.4) is 0 Å². The van der Waals surface area contributed by atoms with E-state index in [-0.39, 0.29) is 19.6 Å². The molecule has 1 amide bonds. The Morgan fingerprint density at radius 1 is 1.60 bits per heavy atom. The van der Waals surface area contributed by atoms with Crippen LogP contribution in [0.25, 0.3) is 0 Å².